The minimum absolute atomic E-state index is 0.177. The van der Waals surface area contributed by atoms with Gasteiger partial charge >= 0.3 is 5.69 Å². The number of amides is 2. The lowest BCUT2D eigenvalue weighted by molar-refractivity contribution is -0.394. The topological polar surface area (TPSA) is 194 Å². The minimum Gasteiger partial charge on any atom is -0.493 e. The normalized spacial score (nSPS) is 10.5. The number of hydrogen-bond acceptors (Lipinski definition) is 11. The second kappa shape index (κ2) is 13.2. The van der Waals surface area contributed by atoms with Gasteiger partial charge in [0.1, 0.15) is 5.75 Å². The third-order valence-corrected chi connectivity index (χ3v) is 5.18. The number of hydrogen-bond donors (Lipinski definition) is 2. The van der Waals surface area contributed by atoms with Crippen LogP contribution in [0.3, 0.4) is 0 Å². The van der Waals surface area contributed by atoms with Gasteiger partial charge in [-0.2, -0.15) is 5.10 Å². The van der Waals surface area contributed by atoms with Crippen LogP contribution in [-0.4, -0.2) is 55.7 Å². The number of nitro groups is 2. The van der Waals surface area contributed by atoms with E-state index in [0.29, 0.717) is 11.3 Å². The lowest BCUT2D eigenvalue weighted by Gasteiger charge is -2.14. The molecule has 0 fully saturated rings. The highest BCUT2D eigenvalue weighted by molar-refractivity contribution is 5.97. The van der Waals surface area contributed by atoms with Gasteiger partial charge in [0.2, 0.25) is 11.5 Å². The highest BCUT2D eigenvalue weighted by atomic mass is 16.6. The van der Waals surface area contributed by atoms with E-state index in [9.17, 15) is 29.8 Å². The van der Waals surface area contributed by atoms with Gasteiger partial charge < -0.3 is 24.3 Å². The molecule has 0 bridgehead atoms. The van der Waals surface area contributed by atoms with E-state index in [1.165, 1.54) is 51.8 Å². The number of rotatable bonds is 12. The van der Waals surface area contributed by atoms with Crippen molar-refractivity contribution in [2.24, 2.45) is 5.10 Å². The third-order valence-electron chi connectivity index (χ3n) is 5.18. The number of carbonyl (C=O) groups is 2. The first kappa shape index (κ1) is 28.8. The van der Waals surface area contributed by atoms with E-state index in [1.54, 1.807) is 12.1 Å². The number of benzene rings is 3. The van der Waals surface area contributed by atoms with Crippen LogP contribution in [-0.2, 0) is 4.79 Å². The molecular formula is C25H23N5O10. The zero-order chi connectivity index (χ0) is 29.2. The molecule has 0 saturated carbocycles. The van der Waals surface area contributed by atoms with Crippen LogP contribution in [0, 0.1) is 20.2 Å². The number of non-ortho nitro benzene ring substituents is 1. The Balaban J connectivity index is 1.60. The third kappa shape index (κ3) is 7.18. The van der Waals surface area contributed by atoms with Crippen molar-refractivity contribution in [2.45, 2.75) is 0 Å². The van der Waals surface area contributed by atoms with Crippen molar-refractivity contribution in [3.8, 4) is 28.7 Å². The molecule has 0 radical (unpaired) electrons. The summed E-state index contributed by atoms with van der Waals surface area (Å²) in [6.45, 7) is -0.389. The molecule has 40 heavy (non-hydrogen) atoms. The molecule has 15 nitrogen and oxygen atoms in total. The molecule has 3 aromatic carbocycles. The van der Waals surface area contributed by atoms with E-state index < -0.39 is 33.0 Å². The van der Waals surface area contributed by atoms with Crippen LogP contribution in [0.25, 0.3) is 0 Å². The fourth-order valence-corrected chi connectivity index (χ4v) is 3.33. The zero-order valence-electron chi connectivity index (χ0n) is 21.4. The molecule has 0 aromatic heterocycles. The van der Waals surface area contributed by atoms with Gasteiger partial charge in [0.15, 0.2) is 11.5 Å². The van der Waals surface area contributed by atoms with Crippen molar-refractivity contribution in [1.29, 1.82) is 0 Å². The molecule has 0 aliphatic heterocycles. The Morgan fingerprint density at radius 2 is 1.60 bits per heavy atom. The fraction of sp³-hybridized carbons (Fsp3) is 0.160. The van der Waals surface area contributed by atoms with Gasteiger partial charge in [-0.15, -0.1) is 0 Å². The van der Waals surface area contributed by atoms with Crippen molar-refractivity contribution in [3.05, 3.63) is 86.0 Å². The quantitative estimate of drug-likeness (QED) is 0.191. The van der Waals surface area contributed by atoms with E-state index in [-0.39, 0.29) is 35.1 Å². The van der Waals surface area contributed by atoms with Crippen LogP contribution in [0.1, 0.15) is 15.9 Å². The summed E-state index contributed by atoms with van der Waals surface area (Å²) in [5, 5.41) is 28.5. The first-order valence-electron chi connectivity index (χ1n) is 11.3. The number of carbonyl (C=O) groups excluding carboxylic acids is 2. The molecule has 2 amide bonds. The van der Waals surface area contributed by atoms with Crippen LogP contribution in [0.4, 0.5) is 11.4 Å². The Morgan fingerprint density at radius 3 is 2.20 bits per heavy atom. The van der Waals surface area contributed by atoms with Crippen molar-refractivity contribution >= 4 is 29.4 Å². The van der Waals surface area contributed by atoms with Crippen molar-refractivity contribution in [1.82, 2.24) is 10.7 Å². The molecule has 0 saturated heterocycles. The highest BCUT2D eigenvalue weighted by Crippen LogP contribution is 2.38. The van der Waals surface area contributed by atoms with Gasteiger partial charge in [-0.3, -0.25) is 29.8 Å². The average molecular weight is 553 g/mol. The number of nitrogens with zero attached hydrogens (tertiary/aromatic N) is 3. The predicted molar refractivity (Wildman–Crippen MR) is 140 cm³/mol. The van der Waals surface area contributed by atoms with Crippen molar-refractivity contribution in [2.75, 3.05) is 27.9 Å². The number of nitro benzene ring substituents is 2. The molecular weight excluding hydrogens is 530 g/mol. The highest BCUT2D eigenvalue weighted by Gasteiger charge is 2.21. The molecule has 0 spiro atoms. The summed E-state index contributed by atoms with van der Waals surface area (Å²) < 4.78 is 21.2. The SMILES string of the molecule is COc1cc(C(=O)NCC(=O)N/N=C\c2cccc(Oc3ccc([N+](=O)[O-])cc3[N+](=O)[O-])c2)cc(OC)c1OC. The Bertz CT molecular complexity index is 1450. The first-order valence-corrected chi connectivity index (χ1v) is 11.3. The smallest absolute Gasteiger partial charge is 0.318 e. The van der Waals surface area contributed by atoms with Gasteiger partial charge in [-0.1, -0.05) is 12.1 Å². The van der Waals surface area contributed by atoms with Crippen LogP contribution in [0.15, 0.2) is 59.7 Å². The van der Waals surface area contributed by atoms with E-state index >= 15 is 0 Å². The molecule has 208 valence electrons. The molecule has 0 unspecified atom stereocenters. The molecule has 0 aliphatic carbocycles. The lowest BCUT2D eigenvalue weighted by atomic mass is 10.1. The Labute approximate surface area is 226 Å². The fourth-order valence-electron chi connectivity index (χ4n) is 3.33. The lowest BCUT2D eigenvalue weighted by Crippen LogP contribution is -2.34. The summed E-state index contributed by atoms with van der Waals surface area (Å²) in [5.41, 5.74) is 1.88. The van der Waals surface area contributed by atoms with Crippen molar-refractivity contribution in [3.63, 3.8) is 0 Å². The van der Waals surface area contributed by atoms with Crippen LogP contribution in [0.2, 0.25) is 0 Å². The molecule has 2 N–H and O–H groups in total. The molecule has 0 aliphatic rings. The first-order chi connectivity index (χ1) is 19.2. The van der Waals surface area contributed by atoms with Gasteiger partial charge in [-0.25, -0.2) is 5.43 Å². The van der Waals surface area contributed by atoms with Gasteiger partial charge in [0, 0.05) is 11.6 Å². The maximum Gasteiger partial charge on any atom is 0.318 e. The van der Waals surface area contributed by atoms with E-state index in [1.807, 2.05) is 0 Å². The number of ether oxygens (including phenoxy) is 4. The Morgan fingerprint density at radius 1 is 0.900 bits per heavy atom. The Hall–Kier alpha value is -5.73. The molecule has 0 atom stereocenters. The summed E-state index contributed by atoms with van der Waals surface area (Å²) in [6, 6.07) is 12.1. The van der Waals surface area contributed by atoms with E-state index in [2.05, 4.69) is 15.8 Å². The summed E-state index contributed by atoms with van der Waals surface area (Å²) in [4.78, 5) is 45.4. The van der Waals surface area contributed by atoms with Crippen LogP contribution < -0.4 is 29.7 Å². The second-order valence-corrected chi connectivity index (χ2v) is 7.73. The molecule has 0 heterocycles. The van der Waals surface area contributed by atoms with Gasteiger partial charge in [0.05, 0.1) is 50.0 Å². The predicted octanol–water partition coefficient (Wildman–Crippen LogP) is 3.20. The van der Waals surface area contributed by atoms with Crippen molar-refractivity contribution < 1.29 is 38.4 Å². The molecule has 3 rings (SSSR count). The second-order valence-electron chi connectivity index (χ2n) is 7.73. The molecule has 15 heteroatoms. The van der Waals surface area contributed by atoms with E-state index in [4.69, 9.17) is 18.9 Å². The van der Waals surface area contributed by atoms with Crippen LogP contribution >= 0.6 is 0 Å². The summed E-state index contributed by atoms with van der Waals surface area (Å²) in [7, 11) is 4.25. The Kier molecular flexibility index (Phi) is 9.50. The largest absolute Gasteiger partial charge is 0.493 e. The van der Waals surface area contributed by atoms with Gasteiger partial charge in [-0.05, 0) is 35.9 Å². The maximum absolute atomic E-state index is 12.5. The summed E-state index contributed by atoms with van der Waals surface area (Å²) in [5.74, 6) is -0.333. The van der Waals surface area contributed by atoms with Gasteiger partial charge in [0.25, 0.3) is 17.5 Å². The van der Waals surface area contributed by atoms with E-state index in [0.717, 1.165) is 18.2 Å². The van der Waals surface area contributed by atoms with Crippen LogP contribution in [0.5, 0.6) is 28.7 Å². The number of nitrogens with one attached hydrogen (secondary N) is 2. The molecule has 3 aromatic rings. The monoisotopic (exact) mass is 553 g/mol. The summed E-state index contributed by atoms with van der Waals surface area (Å²) in [6.07, 6.45) is 1.29. The number of hydrazone groups is 1. The zero-order valence-corrected chi connectivity index (χ0v) is 21.4. The average Bonchev–Trinajstić information content (AvgIpc) is 2.95. The summed E-state index contributed by atoms with van der Waals surface area (Å²) >= 11 is 0. The standard InChI is InChI=1S/C25H23N5O10/c1-37-21-10-16(11-22(38-2)24(21)39-3)25(32)26-14-23(31)28-27-13-15-5-4-6-18(9-15)40-20-8-7-17(29(33)34)12-19(20)30(35)36/h4-13H,14H2,1-3H3,(H,26,32)(H,28,31)/b27-13-. The number of methoxy groups -OCH3 is 3. The minimum atomic E-state index is -0.788. The maximum atomic E-state index is 12.5.